The Morgan fingerprint density at radius 1 is 1.21 bits per heavy atom. The maximum Gasteiger partial charge on any atom is 0.245 e. The van der Waals surface area contributed by atoms with Gasteiger partial charge in [-0.15, -0.1) is 0 Å². The molecule has 1 saturated heterocycles. The third-order valence-corrected chi connectivity index (χ3v) is 3.62. The number of hydrogen-bond acceptors (Lipinski definition) is 2. The van der Waals surface area contributed by atoms with Crippen LogP contribution in [0.25, 0.3) is 0 Å². The number of amides is 2. The van der Waals surface area contributed by atoms with Crippen molar-refractivity contribution in [2.75, 3.05) is 7.05 Å². The van der Waals surface area contributed by atoms with Crippen LogP contribution < -0.4 is 5.32 Å². The fraction of sp³-hybridized carbons (Fsp3) is 0.467. The molecule has 19 heavy (non-hydrogen) atoms. The van der Waals surface area contributed by atoms with Gasteiger partial charge in [0.2, 0.25) is 11.8 Å². The number of benzene rings is 1. The summed E-state index contributed by atoms with van der Waals surface area (Å²) in [5.41, 5.74) is 1.06. The molecule has 2 rings (SSSR count). The molecule has 1 fully saturated rings. The zero-order valence-corrected chi connectivity index (χ0v) is 11.6. The van der Waals surface area contributed by atoms with Crippen molar-refractivity contribution in [3.63, 3.8) is 0 Å². The molecule has 1 aromatic carbocycles. The lowest BCUT2D eigenvalue weighted by Gasteiger charge is -2.38. The van der Waals surface area contributed by atoms with Crippen LogP contribution in [0.1, 0.15) is 19.4 Å². The number of hydrogen-bond donors (Lipinski definition) is 1. The first-order chi connectivity index (χ1) is 9.00. The van der Waals surface area contributed by atoms with E-state index in [1.165, 1.54) is 0 Å². The number of piperazine rings is 1. The van der Waals surface area contributed by atoms with Gasteiger partial charge in [0.25, 0.3) is 0 Å². The van der Waals surface area contributed by atoms with Gasteiger partial charge in [-0.25, -0.2) is 0 Å². The van der Waals surface area contributed by atoms with Crippen LogP contribution in [0.4, 0.5) is 0 Å². The highest BCUT2D eigenvalue weighted by Gasteiger charge is 2.39. The van der Waals surface area contributed by atoms with Gasteiger partial charge in [-0.3, -0.25) is 9.59 Å². The Morgan fingerprint density at radius 3 is 2.42 bits per heavy atom. The molecule has 4 heteroatoms. The summed E-state index contributed by atoms with van der Waals surface area (Å²) in [6, 6.07) is 8.95. The zero-order chi connectivity index (χ0) is 14.0. The van der Waals surface area contributed by atoms with E-state index in [0.717, 1.165) is 5.56 Å². The van der Waals surface area contributed by atoms with Crippen LogP contribution >= 0.6 is 0 Å². The smallest absolute Gasteiger partial charge is 0.245 e. The fourth-order valence-electron chi connectivity index (χ4n) is 2.38. The molecule has 4 nitrogen and oxygen atoms in total. The molecule has 1 N–H and O–H groups in total. The van der Waals surface area contributed by atoms with Gasteiger partial charge < -0.3 is 10.2 Å². The molecule has 0 aliphatic carbocycles. The Labute approximate surface area is 113 Å². The summed E-state index contributed by atoms with van der Waals surface area (Å²) < 4.78 is 0. The molecule has 0 spiro atoms. The Hall–Kier alpha value is -1.84. The van der Waals surface area contributed by atoms with E-state index in [4.69, 9.17) is 0 Å². The predicted molar refractivity (Wildman–Crippen MR) is 73.5 cm³/mol. The lowest BCUT2D eigenvalue weighted by atomic mass is 9.95. The quantitative estimate of drug-likeness (QED) is 0.888. The second-order valence-electron chi connectivity index (χ2n) is 5.38. The van der Waals surface area contributed by atoms with Crippen LogP contribution in [0.3, 0.4) is 0 Å². The highest BCUT2D eigenvalue weighted by atomic mass is 16.2. The average Bonchev–Trinajstić information content (AvgIpc) is 2.40. The summed E-state index contributed by atoms with van der Waals surface area (Å²) in [4.78, 5) is 26.0. The van der Waals surface area contributed by atoms with Gasteiger partial charge in [-0.05, 0) is 11.5 Å². The van der Waals surface area contributed by atoms with Crippen molar-refractivity contribution < 1.29 is 9.59 Å². The van der Waals surface area contributed by atoms with E-state index in [9.17, 15) is 9.59 Å². The van der Waals surface area contributed by atoms with Crippen LogP contribution in [0.15, 0.2) is 30.3 Å². The Morgan fingerprint density at radius 2 is 1.84 bits per heavy atom. The fourth-order valence-corrected chi connectivity index (χ4v) is 2.38. The molecule has 0 saturated carbocycles. The maximum absolute atomic E-state index is 12.2. The molecule has 0 radical (unpaired) electrons. The van der Waals surface area contributed by atoms with Crippen molar-refractivity contribution in [3.05, 3.63) is 35.9 Å². The number of carbonyl (C=O) groups is 2. The Kier molecular flexibility index (Phi) is 3.88. The summed E-state index contributed by atoms with van der Waals surface area (Å²) in [7, 11) is 1.71. The van der Waals surface area contributed by atoms with Crippen molar-refractivity contribution in [1.82, 2.24) is 10.2 Å². The van der Waals surface area contributed by atoms with Crippen LogP contribution in [0.5, 0.6) is 0 Å². The first kappa shape index (κ1) is 13.6. The molecule has 1 aliphatic heterocycles. The predicted octanol–water partition coefficient (Wildman–Crippen LogP) is 1.21. The molecule has 102 valence electrons. The average molecular weight is 260 g/mol. The molecular formula is C15H20N2O2. The van der Waals surface area contributed by atoms with Crippen molar-refractivity contribution in [2.24, 2.45) is 5.92 Å². The second kappa shape index (κ2) is 5.43. The number of rotatable bonds is 3. The summed E-state index contributed by atoms with van der Waals surface area (Å²) in [6.45, 7) is 3.88. The van der Waals surface area contributed by atoms with E-state index >= 15 is 0 Å². The van der Waals surface area contributed by atoms with E-state index in [1.807, 2.05) is 44.2 Å². The number of nitrogens with one attached hydrogen (secondary N) is 1. The van der Waals surface area contributed by atoms with Crippen molar-refractivity contribution in [1.29, 1.82) is 0 Å². The standard InChI is InChI=1S/C15H20N2O2/c1-10(2)13-15(19)17(3)12(14(18)16-13)9-11-7-5-4-6-8-11/h4-8,10,12-13H,9H2,1-3H3,(H,16,18)/t12-,13-/m0/s1. The van der Waals surface area contributed by atoms with Gasteiger partial charge in [0.15, 0.2) is 0 Å². The minimum atomic E-state index is -0.412. The molecule has 1 aromatic rings. The third-order valence-electron chi connectivity index (χ3n) is 3.62. The highest BCUT2D eigenvalue weighted by Crippen LogP contribution is 2.17. The summed E-state index contributed by atoms with van der Waals surface area (Å²) in [5, 5.41) is 2.84. The summed E-state index contributed by atoms with van der Waals surface area (Å²) in [5.74, 6) is 0.0387. The molecule has 0 bridgehead atoms. The molecular weight excluding hydrogens is 240 g/mol. The van der Waals surface area contributed by atoms with Gasteiger partial charge in [-0.1, -0.05) is 44.2 Å². The number of carbonyl (C=O) groups excluding carboxylic acids is 2. The van der Waals surface area contributed by atoms with Crippen molar-refractivity contribution in [2.45, 2.75) is 32.4 Å². The van der Waals surface area contributed by atoms with Gasteiger partial charge in [0.05, 0.1) is 0 Å². The lowest BCUT2D eigenvalue weighted by Crippen LogP contribution is -2.64. The Bertz CT molecular complexity index is 470. The number of nitrogens with zero attached hydrogens (tertiary/aromatic N) is 1. The van der Waals surface area contributed by atoms with E-state index in [0.29, 0.717) is 6.42 Å². The summed E-state index contributed by atoms with van der Waals surface area (Å²) >= 11 is 0. The molecule has 0 aromatic heterocycles. The molecule has 1 aliphatic rings. The van der Waals surface area contributed by atoms with E-state index in [1.54, 1.807) is 11.9 Å². The SMILES string of the molecule is CC(C)[C@@H]1NC(=O)[C@H](Cc2ccccc2)N(C)C1=O. The second-order valence-corrected chi connectivity index (χ2v) is 5.38. The van der Waals surface area contributed by atoms with Crippen molar-refractivity contribution in [3.8, 4) is 0 Å². The van der Waals surface area contributed by atoms with Gasteiger partial charge in [-0.2, -0.15) is 0 Å². The molecule has 2 amide bonds. The minimum Gasteiger partial charge on any atom is -0.342 e. The maximum atomic E-state index is 12.2. The van der Waals surface area contributed by atoms with Crippen LogP contribution in [0, 0.1) is 5.92 Å². The topological polar surface area (TPSA) is 49.4 Å². The Balaban J connectivity index is 2.15. The minimum absolute atomic E-state index is 0.00414. The van der Waals surface area contributed by atoms with Gasteiger partial charge in [0, 0.05) is 13.5 Å². The van der Waals surface area contributed by atoms with E-state index in [2.05, 4.69) is 5.32 Å². The van der Waals surface area contributed by atoms with Crippen LogP contribution in [-0.2, 0) is 16.0 Å². The summed E-state index contributed by atoms with van der Waals surface area (Å²) in [6.07, 6.45) is 0.555. The number of likely N-dealkylation sites (N-methyl/N-ethyl adjacent to an activating group) is 1. The molecule has 2 atom stereocenters. The van der Waals surface area contributed by atoms with E-state index in [-0.39, 0.29) is 17.7 Å². The largest absolute Gasteiger partial charge is 0.342 e. The molecule has 0 unspecified atom stereocenters. The first-order valence-electron chi connectivity index (χ1n) is 6.61. The van der Waals surface area contributed by atoms with Gasteiger partial charge >= 0.3 is 0 Å². The highest BCUT2D eigenvalue weighted by molar-refractivity contribution is 5.97. The lowest BCUT2D eigenvalue weighted by molar-refractivity contribution is -0.148. The zero-order valence-electron chi connectivity index (χ0n) is 11.6. The van der Waals surface area contributed by atoms with Crippen LogP contribution in [0.2, 0.25) is 0 Å². The van der Waals surface area contributed by atoms with E-state index < -0.39 is 12.1 Å². The monoisotopic (exact) mass is 260 g/mol. The molecule has 1 heterocycles. The van der Waals surface area contributed by atoms with Crippen molar-refractivity contribution >= 4 is 11.8 Å². The van der Waals surface area contributed by atoms with Gasteiger partial charge in [0.1, 0.15) is 12.1 Å². The normalized spacial score (nSPS) is 23.7. The third kappa shape index (κ3) is 2.78. The van der Waals surface area contributed by atoms with Crippen LogP contribution in [-0.4, -0.2) is 35.8 Å². The first-order valence-corrected chi connectivity index (χ1v) is 6.61.